The Hall–Kier alpha value is -2.64. The fraction of sp³-hybridized carbons (Fsp3) is 0.607. The Bertz CT molecular complexity index is 1190. The minimum absolute atomic E-state index is 0.0615. The van der Waals surface area contributed by atoms with Crippen LogP contribution in [0, 0.1) is 24.2 Å². The molecule has 2 fully saturated rings. The van der Waals surface area contributed by atoms with Crippen molar-refractivity contribution in [2.45, 2.75) is 72.1 Å². The highest BCUT2D eigenvalue weighted by molar-refractivity contribution is 8.26. The van der Waals surface area contributed by atoms with Crippen LogP contribution >= 0.6 is 24.0 Å². The number of pyridine rings is 1. The van der Waals surface area contributed by atoms with Gasteiger partial charge in [-0.3, -0.25) is 23.9 Å². The van der Waals surface area contributed by atoms with Gasteiger partial charge in [0.25, 0.3) is 11.5 Å². The molecule has 8 nitrogen and oxygen atoms in total. The molecule has 38 heavy (non-hydrogen) atoms. The first-order valence-electron chi connectivity index (χ1n) is 13.6. The maximum atomic E-state index is 13.3. The average molecular weight is 559 g/mol. The third-order valence-electron chi connectivity index (χ3n) is 7.27. The summed E-state index contributed by atoms with van der Waals surface area (Å²) in [6.45, 7) is 7.79. The van der Waals surface area contributed by atoms with Gasteiger partial charge in [-0.15, -0.1) is 0 Å². The summed E-state index contributed by atoms with van der Waals surface area (Å²) in [6, 6.07) is 2.04. The Morgan fingerprint density at radius 1 is 1.16 bits per heavy atom. The zero-order chi connectivity index (χ0) is 27.8. The van der Waals surface area contributed by atoms with E-state index in [1.165, 1.54) is 35.6 Å². The Morgan fingerprint density at radius 2 is 1.82 bits per heavy atom. The Balaban J connectivity index is 1.88. The molecule has 0 spiro atoms. The molecule has 1 amide bonds. The summed E-state index contributed by atoms with van der Waals surface area (Å²) < 4.78 is 7.22. The van der Waals surface area contributed by atoms with Crippen molar-refractivity contribution in [3.8, 4) is 6.07 Å². The lowest BCUT2D eigenvalue weighted by atomic mass is 9.95. The number of anilines is 1. The zero-order valence-corrected chi connectivity index (χ0v) is 24.5. The number of thioether (sulfide) groups is 1. The van der Waals surface area contributed by atoms with Crippen LogP contribution in [-0.2, 0) is 21.4 Å². The van der Waals surface area contributed by atoms with Gasteiger partial charge in [-0.2, -0.15) is 5.26 Å². The summed E-state index contributed by atoms with van der Waals surface area (Å²) in [5, 5.41) is 9.72. The lowest BCUT2D eigenvalue weighted by Crippen LogP contribution is -2.40. The fourth-order valence-corrected chi connectivity index (χ4v) is 6.35. The number of piperidine rings is 1. The lowest BCUT2D eigenvalue weighted by Gasteiger charge is -2.35. The number of nitriles is 1. The van der Waals surface area contributed by atoms with E-state index in [0.717, 1.165) is 19.3 Å². The van der Waals surface area contributed by atoms with E-state index in [2.05, 4.69) is 11.8 Å². The second-order valence-electron chi connectivity index (χ2n) is 9.83. The standard InChI is InChI=1S/C28H38N4O4S2/c1-5-7-8-9-10-11-14-32-26(34)23(38-28(32)37)17-21-19(3)22(18-29)25(33)30(4)24(21)31-15-12-20(13-16-31)27(35)36-6-2/h17,20H,5-16H2,1-4H3/b23-17+. The van der Waals surface area contributed by atoms with Gasteiger partial charge in [0.2, 0.25) is 0 Å². The van der Waals surface area contributed by atoms with E-state index >= 15 is 0 Å². The van der Waals surface area contributed by atoms with Gasteiger partial charge < -0.3 is 9.64 Å². The van der Waals surface area contributed by atoms with Crippen LogP contribution in [0.1, 0.15) is 81.9 Å². The van der Waals surface area contributed by atoms with Crippen molar-refractivity contribution >= 4 is 52.1 Å². The first kappa shape index (κ1) is 29.9. The monoisotopic (exact) mass is 558 g/mol. The summed E-state index contributed by atoms with van der Waals surface area (Å²) in [5.74, 6) is 0.151. The van der Waals surface area contributed by atoms with Crippen LogP contribution in [0.3, 0.4) is 0 Å². The van der Waals surface area contributed by atoms with E-state index < -0.39 is 0 Å². The Labute approximate surface area is 235 Å². The highest BCUT2D eigenvalue weighted by atomic mass is 32.2. The maximum Gasteiger partial charge on any atom is 0.309 e. The fourth-order valence-electron chi connectivity index (χ4n) is 5.06. The number of ether oxygens (including phenoxy) is 1. The number of rotatable bonds is 11. The number of hydrogen-bond acceptors (Lipinski definition) is 8. The van der Waals surface area contributed by atoms with Crippen LogP contribution in [0.15, 0.2) is 9.70 Å². The molecule has 0 N–H and O–H groups in total. The van der Waals surface area contributed by atoms with Gasteiger partial charge in [-0.1, -0.05) is 63.0 Å². The maximum absolute atomic E-state index is 13.3. The molecule has 206 valence electrons. The number of amides is 1. The highest BCUT2D eigenvalue weighted by Crippen LogP contribution is 2.36. The zero-order valence-electron chi connectivity index (χ0n) is 22.9. The third kappa shape index (κ3) is 6.67. The van der Waals surface area contributed by atoms with Gasteiger partial charge >= 0.3 is 5.97 Å². The molecule has 2 aliphatic heterocycles. The summed E-state index contributed by atoms with van der Waals surface area (Å²) >= 11 is 6.81. The van der Waals surface area contributed by atoms with E-state index in [4.69, 9.17) is 17.0 Å². The van der Waals surface area contributed by atoms with Crippen molar-refractivity contribution < 1.29 is 14.3 Å². The second-order valence-corrected chi connectivity index (χ2v) is 11.5. The smallest absolute Gasteiger partial charge is 0.309 e. The molecule has 0 bridgehead atoms. The number of unbranched alkanes of at least 4 members (excludes halogenated alkanes) is 5. The molecule has 0 aliphatic carbocycles. The molecule has 0 unspecified atom stereocenters. The third-order valence-corrected chi connectivity index (χ3v) is 8.64. The van der Waals surface area contributed by atoms with Crippen LogP contribution in [0.4, 0.5) is 5.82 Å². The quantitative estimate of drug-likeness (QED) is 0.164. The van der Waals surface area contributed by atoms with E-state index in [1.54, 1.807) is 31.9 Å². The Kier molecular flexibility index (Phi) is 11.0. The molecule has 0 radical (unpaired) electrons. The Morgan fingerprint density at radius 3 is 2.45 bits per heavy atom. The van der Waals surface area contributed by atoms with Crippen LogP contribution in [0.25, 0.3) is 6.08 Å². The molecule has 1 aromatic heterocycles. The summed E-state index contributed by atoms with van der Waals surface area (Å²) in [5.41, 5.74) is 0.893. The number of carbonyl (C=O) groups is 2. The van der Waals surface area contributed by atoms with Gasteiger partial charge in [0, 0.05) is 32.2 Å². The predicted molar refractivity (Wildman–Crippen MR) is 156 cm³/mol. The molecule has 10 heteroatoms. The summed E-state index contributed by atoms with van der Waals surface area (Å²) in [7, 11) is 1.65. The van der Waals surface area contributed by atoms with Crippen molar-refractivity contribution in [1.29, 1.82) is 5.26 Å². The molecule has 0 aromatic carbocycles. The van der Waals surface area contributed by atoms with Gasteiger partial charge in [0.05, 0.1) is 17.4 Å². The molecular weight excluding hydrogens is 520 g/mol. The lowest BCUT2D eigenvalue weighted by molar-refractivity contribution is -0.148. The van der Waals surface area contributed by atoms with E-state index in [-0.39, 0.29) is 28.9 Å². The molecule has 1 aromatic rings. The second kappa shape index (κ2) is 13.9. The minimum Gasteiger partial charge on any atom is -0.466 e. The van der Waals surface area contributed by atoms with Crippen LogP contribution in [0.5, 0.6) is 0 Å². The van der Waals surface area contributed by atoms with Crippen LogP contribution in [-0.4, -0.2) is 51.9 Å². The number of hydrogen-bond donors (Lipinski definition) is 0. The van der Waals surface area contributed by atoms with Crippen molar-refractivity contribution in [2.75, 3.05) is 31.1 Å². The number of aromatic nitrogens is 1. The molecule has 3 rings (SSSR count). The SMILES string of the molecule is CCCCCCCCN1C(=O)/C(=C\c2c(C)c(C#N)c(=O)n(C)c2N2CCC(C(=O)OCC)CC2)SC1=S. The molecule has 0 saturated carbocycles. The van der Waals surface area contributed by atoms with E-state index in [9.17, 15) is 19.6 Å². The van der Waals surface area contributed by atoms with Gasteiger partial charge in [0.1, 0.15) is 21.8 Å². The summed E-state index contributed by atoms with van der Waals surface area (Å²) in [4.78, 5) is 42.8. The van der Waals surface area contributed by atoms with Crippen molar-refractivity contribution in [3.05, 3.63) is 31.9 Å². The van der Waals surface area contributed by atoms with Crippen molar-refractivity contribution in [2.24, 2.45) is 13.0 Å². The molecule has 0 atom stereocenters. The topological polar surface area (TPSA) is 95.6 Å². The van der Waals surface area contributed by atoms with Gasteiger partial charge in [0.15, 0.2) is 0 Å². The number of thiocarbonyl (C=S) groups is 1. The molecule has 2 aliphatic rings. The number of carbonyl (C=O) groups excluding carboxylic acids is 2. The van der Waals surface area contributed by atoms with E-state index in [1.807, 2.05) is 6.07 Å². The van der Waals surface area contributed by atoms with Gasteiger partial charge in [-0.25, -0.2) is 0 Å². The van der Waals surface area contributed by atoms with Crippen LogP contribution < -0.4 is 10.5 Å². The predicted octanol–water partition coefficient (Wildman–Crippen LogP) is 4.91. The largest absolute Gasteiger partial charge is 0.466 e. The number of esters is 1. The van der Waals surface area contributed by atoms with Gasteiger partial charge in [-0.05, 0) is 44.7 Å². The highest BCUT2D eigenvalue weighted by Gasteiger charge is 2.34. The summed E-state index contributed by atoms with van der Waals surface area (Å²) in [6.07, 6.45) is 9.75. The average Bonchev–Trinajstić information content (AvgIpc) is 3.17. The minimum atomic E-state index is -0.375. The van der Waals surface area contributed by atoms with E-state index in [0.29, 0.717) is 65.3 Å². The van der Waals surface area contributed by atoms with Crippen LogP contribution in [0.2, 0.25) is 0 Å². The number of nitrogens with zero attached hydrogens (tertiary/aromatic N) is 4. The molecule has 2 saturated heterocycles. The normalized spacial score (nSPS) is 17.4. The first-order valence-corrected chi connectivity index (χ1v) is 14.8. The molecule has 3 heterocycles. The van der Waals surface area contributed by atoms with Crippen molar-refractivity contribution in [3.63, 3.8) is 0 Å². The first-order chi connectivity index (χ1) is 18.2. The van der Waals surface area contributed by atoms with Crippen molar-refractivity contribution in [1.82, 2.24) is 9.47 Å². The molecular formula is C28H38N4O4S2.